The highest BCUT2D eigenvalue weighted by molar-refractivity contribution is 7.89. The summed E-state index contributed by atoms with van der Waals surface area (Å²) in [6.45, 7) is 3.81. The van der Waals surface area contributed by atoms with Gasteiger partial charge in [-0.1, -0.05) is 55.5 Å². The van der Waals surface area contributed by atoms with E-state index in [0.717, 1.165) is 17.5 Å². The van der Waals surface area contributed by atoms with Crippen molar-refractivity contribution < 1.29 is 13.2 Å². The molecule has 1 aliphatic rings. The van der Waals surface area contributed by atoms with Crippen molar-refractivity contribution in [1.82, 2.24) is 14.2 Å². The van der Waals surface area contributed by atoms with Crippen molar-refractivity contribution in [3.8, 4) is 0 Å². The molecule has 34 heavy (non-hydrogen) atoms. The highest BCUT2D eigenvalue weighted by Crippen LogP contribution is 2.26. The SMILES string of the molecule is CCc1ccc(CN(Cc2cccnc2)C(=O)C2CCN(S(=O)(=O)c3ccccc3)CC2)cc1. The molecule has 3 aromatic rings. The molecular formula is C27H31N3O3S. The van der Waals surface area contributed by atoms with Crippen LogP contribution in [-0.4, -0.2) is 41.6 Å². The fourth-order valence-corrected chi connectivity index (χ4v) is 5.86. The second-order valence-corrected chi connectivity index (χ2v) is 10.7. The number of aromatic nitrogens is 1. The fourth-order valence-electron chi connectivity index (χ4n) is 4.37. The van der Waals surface area contributed by atoms with Gasteiger partial charge in [0, 0.05) is 44.5 Å². The highest BCUT2D eigenvalue weighted by Gasteiger charge is 2.33. The van der Waals surface area contributed by atoms with Crippen LogP contribution in [0.25, 0.3) is 0 Å². The van der Waals surface area contributed by atoms with Crippen LogP contribution in [0.15, 0.2) is 84.0 Å². The van der Waals surface area contributed by atoms with Gasteiger partial charge in [-0.25, -0.2) is 8.42 Å². The van der Waals surface area contributed by atoms with Crippen LogP contribution in [0.1, 0.15) is 36.5 Å². The predicted molar refractivity (Wildman–Crippen MR) is 132 cm³/mol. The maximum Gasteiger partial charge on any atom is 0.243 e. The van der Waals surface area contributed by atoms with E-state index in [9.17, 15) is 13.2 Å². The Kier molecular flexibility index (Phi) is 7.75. The summed E-state index contributed by atoms with van der Waals surface area (Å²) in [5.41, 5.74) is 3.32. The van der Waals surface area contributed by atoms with Gasteiger partial charge in [0.15, 0.2) is 0 Å². The van der Waals surface area contributed by atoms with E-state index in [1.807, 2.05) is 17.0 Å². The van der Waals surface area contributed by atoms with Crippen LogP contribution < -0.4 is 0 Å². The molecule has 0 saturated carbocycles. The summed E-state index contributed by atoms with van der Waals surface area (Å²) < 4.78 is 27.4. The third kappa shape index (κ3) is 5.72. The first kappa shape index (κ1) is 24.1. The molecule has 1 amide bonds. The van der Waals surface area contributed by atoms with Crippen molar-refractivity contribution in [3.05, 3.63) is 95.8 Å². The molecule has 1 fully saturated rings. The zero-order valence-electron chi connectivity index (χ0n) is 19.5. The molecule has 0 unspecified atom stereocenters. The van der Waals surface area contributed by atoms with Crippen molar-refractivity contribution in [2.24, 2.45) is 5.92 Å². The molecule has 1 saturated heterocycles. The summed E-state index contributed by atoms with van der Waals surface area (Å²) in [6.07, 6.45) is 5.52. The number of benzene rings is 2. The lowest BCUT2D eigenvalue weighted by Crippen LogP contribution is -2.44. The molecule has 0 atom stereocenters. The van der Waals surface area contributed by atoms with E-state index in [-0.39, 0.29) is 11.8 Å². The molecule has 2 heterocycles. The van der Waals surface area contributed by atoms with Crippen molar-refractivity contribution in [2.75, 3.05) is 13.1 Å². The van der Waals surface area contributed by atoms with Gasteiger partial charge in [-0.15, -0.1) is 0 Å². The molecule has 2 aromatic carbocycles. The Morgan fingerprint density at radius 3 is 2.18 bits per heavy atom. The van der Waals surface area contributed by atoms with Crippen molar-refractivity contribution >= 4 is 15.9 Å². The van der Waals surface area contributed by atoms with E-state index in [1.54, 1.807) is 42.7 Å². The number of hydrogen-bond donors (Lipinski definition) is 0. The average Bonchev–Trinajstić information content (AvgIpc) is 2.89. The number of carbonyl (C=O) groups excluding carboxylic acids is 1. The zero-order chi connectivity index (χ0) is 24.0. The molecule has 0 N–H and O–H groups in total. The van der Waals surface area contributed by atoms with E-state index < -0.39 is 10.0 Å². The van der Waals surface area contributed by atoms with Crippen LogP contribution in [0.2, 0.25) is 0 Å². The Morgan fingerprint density at radius 2 is 1.56 bits per heavy atom. The predicted octanol–water partition coefficient (Wildman–Crippen LogP) is 4.27. The molecule has 178 valence electrons. The van der Waals surface area contributed by atoms with Gasteiger partial charge in [-0.2, -0.15) is 4.31 Å². The summed E-state index contributed by atoms with van der Waals surface area (Å²) in [6, 6.07) is 20.7. The van der Waals surface area contributed by atoms with E-state index in [2.05, 4.69) is 36.2 Å². The molecular weight excluding hydrogens is 446 g/mol. The number of pyridine rings is 1. The second kappa shape index (κ2) is 10.9. The van der Waals surface area contributed by atoms with E-state index in [4.69, 9.17) is 0 Å². The Balaban J connectivity index is 1.46. The van der Waals surface area contributed by atoms with Crippen molar-refractivity contribution in [3.63, 3.8) is 0 Å². The summed E-state index contributed by atoms with van der Waals surface area (Å²) in [5, 5.41) is 0. The molecule has 0 radical (unpaired) electrons. The number of carbonyl (C=O) groups is 1. The van der Waals surface area contributed by atoms with Crippen LogP contribution in [0.4, 0.5) is 0 Å². The number of rotatable bonds is 8. The standard InChI is InChI=1S/C27H31N3O3S/c1-2-22-10-12-23(13-11-22)20-29(21-24-7-6-16-28-19-24)27(31)25-14-17-30(18-15-25)34(32,33)26-8-4-3-5-9-26/h3-13,16,19,25H,2,14-15,17-18,20-21H2,1H3. The van der Waals surface area contributed by atoms with Gasteiger partial charge in [0.25, 0.3) is 0 Å². The molecule has 0 spiro atoms. The number of piperidine rings is 1. The Hall–Kier alpha value is -3.03. The normalized spacial score (nSPS) is 15.2. The van der Waals surface area contributed by atoms with Gasteiger partial charge in [0.2, 0.25) is 15.9 Å². The minimum absolute atomic E-state index is 0.0696. The minimum Gasteiger partial charge on any atom is -0.334 e. The average molecular weight is 478 g/mol. The third-order valence-corrected chi connectivity index (χ3v) is 8.31. The topological polar surface area (TPSA) is 70.6 Å². The molecule has 1 aromatic heterocycles. The smallest absolute Gasteiger partial charge is 0.243 e. The summed E-state index contributed by atoms with van der Waals surface area (Å²) in [4.78, 5) is 20.0. The van der Waals surface area contributed by atoms with Gasteiger partial charge in [-0.05, 0) is 54.2 Å². The first-order chi connectivity index (χ1) is 16.5. The molecule has 7 heteroatoms. The zero-order valence-corrected chi connectivity index (χ0v) is 20.3. The summed E-state index contributed by atoms with van der Waals surface area (Å²) in [5.74, 6) is -0.131. The van der Waals surface area contributed by atoms with Crippen LogP contribution in [-0.2, 0) is 34.3 Å². The molecule has 6 nitrogen and oxygen atoms in total. The maximum absolute atomic E-state index is 13.6. The highest BCUT2D eigenvalue weighted by atomic mass is 32.2. The first-order valence-electron chi connectivity index (χ1n) is 11.8. The van der Waals surface area contributed by atoms with Gasteiger partial charge in [-0.3, -0.25) is 9.78 Å². The second-order valence-electron chi connectivity index (χ2n) is 8.72. The Bertz CT molecular complexity index is 1170. The van der Waals surface area contributed by atoms with Gasteiger partial charge in [0.05, 0.1) is 4.90 Å². The lowest BCUT2D eigenvalue weighted by molar-refractivity contribution is -0.138. The molecule has 0 bridgehead atoms. The maximum atomic E-state index is 13.6. The number of amides is 1. The third-order valence-electron chi connectivity index (χ3n) is 6.40. The first-order valence-corrected chi connectivity index (χ1v) is 13.2. The number of nitrogens with zero attached hydrogens (tertiary/aromatic N) is 3. The van der Waals surface area contributed by atoms with Gasteiger partial charge >= 0.3 is 0 Å². The van der Waals surface area contributed by atoms with E-state index >= 15 is 0 Å². The van der Waals surface area contributed by atoms with Gasteiger partial charge in [0.1, 0.15) is 0 Å². The van der Waals surface area contributed by atoms with Crippen LogP contribution in [0.5, 0.6) is 0 Å². The minimum atomic E-state index is -3.53. The lowest BCUT2D eigenvalue weighted by atomic mass is 9.96. The Labute approximate surface area is 202 Å². The van der Waals surface area contributed by atoms with Crippen LogP contribution in [0, 0.1) is 5.92 Å². The Morgan fingerprint density at radius 1 is 0.912 bits per heavy atom. The largest absolute Gasteiger partial charge is 0.334 e. The fraction of sp³-hybridized carbons (Fsp3) is 0.333. The number of aryl methyl sites for hydroxylation is 1. The summed E-state index contributed by atoms with van der Waals surface area (Å²) in [7, 11) is -3.53. The summed E-state index contributed by atoms with van der Waals surface area (Å²) >= 11 is 0. The van der Waals surface area contributed by atoms with E-state index in [0.29, 0.717) is 43.9 Å². The lowest BCUT2D eigenvalue weighted by Gasteiger charge is -2.34. The molecule has 1 aliphatic heterocycles. The number of sulfonamides is 1. The quantitative estimate of drug-likeness (QED) is 0.486. The van der Waals surface area contributed by atoms with Crippen LogP contribution >= 0.6 is 0 Å². The van der Waals surface area contributed by atoms with E-state index in [1.165, 1.54) is 9.87 Å². The van der Waals surface area contributed by atoms with Gasteiger partial charge < -0.3 is 4.90 Å². The van der Waals surface area contributed by atoms with Crippen molar-refractivity contribution in [1.29, 1.82) is 0 Å². The monoisotopic (exact) mass is 477 g/mol. The van der Waals surface area contributed by atoms with Crippen LogP contribution in [0.3, 0.4) is 0 Å². The molecule has 4 rings (SSSR count). The molecule has 0 aliphatic carbocycles. The number of hydrogen-bond acceptors (Lipinski definition) is 4. The van der Waals surface area contributed by atoms with Crippen molar-refractivity contribution in [2.45, 2.75) is 44.2 Å².